The quantitative estimate of drug-likeness (QED) is 0.134. The van der Waals surface area contributed by atoms with Gasteiger partial charge >= 0.3 is 0 Å². The van der Waals surface area contributed by atoms with Crippen molar-refractivity contribution in [3.8, 4) is 39.1 Å². The van der Waals surface area contributed by atoms with E-state index >= 15 is 0 Å². The van der Waals surface area contributed by atoms with Crippen LogP contribution in [0, 0.1) is 0 Å². The van der Waals surface area contributed by atoms with E-state index in [4.69, 9.17) is 0 Å². The van der Waals surface area contributed by atoms with Crippen molar-refractivity contribution in [2.45, 2.75) is 0 Å². The number of fused-ring (bicyclic) bond motifs is 8. The van der Waals surface area contributed by atoms with Crippen LogP contribution in [-0.4, -0.2) is 11.3 Å². The van der Waals surface area contributed by atoms with Gasteiger partial charge in [-0.2, -0.15) is 0 Å². The lowest BCUT2D eigenvalue weighted by Crippen LogP contribution is -2.61. The third-order valence-electron chi connectivity index (χ3n) is 15.7. The van der Waals surface area contributed by atoms with Gasteiger partial charge in [0.1, 0.15) is 0 Å². The first-order valence-electron chi connectivity index (χ1n) is 26.5. The average Bonchev–Trinajstić information content (AvgIpc) is 4.10. The lowest BCUT2D eigenvalue weighted by atomic mass is 9.33. The molecule has 77 heavy (non-hydrogen) atoms. The molecule has 0 saturated carbocycles. The van der Waals surface area contributed by atoms with Crippen LogP contribution < -0.4 is 31.1 Å². The van der Waals surface area contributed by atoms with Crippen LogP contribution in [0.25, 0.3) is 60.9 Å². The van der Waals surface area contributed by atoms with Crippen LogP contribution in [0.5, 0.6) is 0 Å². The van der Waals surface area contributed by atoms with Gasteiger partial charge in [0, 0.05) is 62.0 Å². The van der Waals surface area contributed by atoms with E-state index in [-0.39, 0.29) is 6.71 Å². The highest BCUT2D eigenvalue weighted by Gasteiger charge is 2.44. The molecule has 5 heteroatoms. The van der Waals surface area contributed by atoms with E-state index in [0.717, 1.165) is 56.7 Å². The fourth-order valence-electron chi connectivity index (χ4n) is 12.4. The first-order valence-corrected chi connectivity index (χ1v) is 26.5. The molecule has 3 heterocycles. The van der Waals surface area contributed by atoms with Gasteiger partial charge in [-0.1, -0.05) is 200 Å². The number of hydrogen-bond donors (Lipinski definition) is 0. The molecule has 0 fully saturated rings. The smallest absolute Gasteiger partial charge is 0.252 e. The second kappa shape index (κ2) is 18.4. The molecule has 1 aromatic heterocycles. The van der Waals surface area contributed by atoms with Crippen LogP contribution in [0.1, 0.15) is 0 Å². The number of nitrogens with zero attached hydrogens (tertiary/aromatic N) is 4. The third kappa shape index (κ3) is 7.39. The normalized spacial score (nSPS) is 12.3. The van der Waals surface area contributed by atoms with Crippen molar-refractivity contribution in [1.29, 1.82) is 0 Å². The fraction of sp³-hybridized carbons (Fsp3) is 0. The molecule has 4 nitrogen and oxygen atoms in total. The second-order valence-electron chi connectivity index (χ2n) is 20.1. The molecule has 12 aromatic carbocycles. The highest BCUT2D eigenvalue weighted by atomic mass is 15.2. The van der Waals surface area contributed by atoms with Gasteiger partial charge in [-0.3, -0.25) is 0 Å². The largest absolute Gasteiger partial charge is 0.311 e. The van der Waals surface area contributed by atoms with Gasteiger partial charge in [0.05, 0.1) is 16.7 Å². The van der Waals surface area contributed by atoms with Crippen LogP contribution in [0.3, 0.4) is 0 Å². The Morgan fingerprint density at radius 2 is 0.779 bits per heavy atom. The summed E-state index contributed by atoms with van der Waals surface area (Å²) in [5, 5.41) is 2.43. The molecule has 2 aliphatic heterocycles. The van der Waals surface area contributed by atoms with Gasteiger partial charge in [-0.15, -0.1) is 0 Å². The molecule has 2 aliphatic rings. The first kappa shape index (κ1) is 44.4. The first-order chi connectivity index (χ1) is 38.2. The summed E-state index contributed by atoms with van der Waals surface area (Å²) in [7, 11) is 0. The molecule has 360 valence electrons. The molecule has 15 rings (SSSR count). The molecule has 0 unspecified atom stereocenters. The monoisotopic (exact) mass is 980 g/mol. The summed E-state index contributed by atoms with van der Waals surface area (Å²) in [5.74, 6) is 0. The molecule has 0 spiro atoms. The second-order valence-corrected chi connectivity index (χ2v) is 20.1. The minimum absolute atomic E-state index is 0.108. The van der Waals surface area contributed by atoms with E-state index in [1.807, 2.05) is 0 Å². The summed E-state index contributed by atoms with van der Waals surface area (Å²) in [5.41, 5.74) is 24.5. The van der Waals surface area contributed by atoms with Crippen molar-refractivity contribution < 1.29 is 0 Å². The topological polar surface area (TPSA) is 14.7 Å². The Morgan fingerprint density at radius 3 is 1.42 bits per heavy atom. The van der Waals surface area contributed by atoms with E-state index in [1.54, 1.807) is 0 Å². The predicted molar refractivity (Wildman–Crippen MR) is 326 cm³/mol. The summed E-state index contributed by atoms with van der Waals surface area (Å²) in [6.07, 6.45) is 0. The van der Waals surface area contributed by atoms with Gasteiger partial charge in [0.2, 0.25) is 0 Å². The van der Waals surface area contributed by atoms with Gasteiger partial charge in [0.15, 0.2) is 0 Å². The summed E-state index contributed by atoms with van der Waals surface area (Å²) < 4.78 is 2.48. The van der Waals surface area contributed by atoms with Crippen molar-refractivity contribution in [2.75, 3.05) is 14.7 Å². The van der Waals surface area contributed by atoms with Crippen LogP contribution in [0.4, 0.5) is 51.2 Å². The van der Waals surface area contributed by atoms with Crippen LogP contribution in [0.2, 0.25) is 0 Å². The molecule has 0 amide bonds. The molecule has 0 atom stereocenters. The maximum absolute atomic E-state index is 2.57. The Labute approximate surface area is 449 Å². The van der Waals surface area contributed by atoms with Crippen molar-refractivity contribution >= 4 is 96.1 Å². The number of para-hydroxylation sites is 3. The van der Waals surface area contributed by atoms with Crippen molar-refractivity contribution in [1.82, 2.24) is 4.57 Å². The molecular weight excluding hydrogens is 932 g/mol. The molecule has 13 aromatic rings. The highest BCUT2D eigenvalue weighted by Crippen LogP contribution is 2.50. The summed E-state index contributed by atoms with van der Waals surface area (Å²) >= 11 is 0. The summed E-state index contributed by atoms with van der Waals surface area (Å²) in [4.78, 5) is 7.48. The fourth-order valence-corrected chi connectivity index (χ4v) is 12.4. The highest BCUT2D eigenvalue weighted by molar-refractivity contribution is 7.00. The van der Waals surface area contributed by atoms with Crippen molar-refractivity contribution in [2.24, 2.45) is 0 Å². The molecule has 0 aliphatic carbocycles. The van der Waals surface area contributed by atoms with E-state index in [0.29, 0.717) is 0 Å². The molecular formula is C72H49BN4. The minimum Gasteiger partial charge on any atom is -0.311 e. The lowest BCUT2D eigenvalue weighted by molar-refractivity contribution is 1.18. The zero-order valence-corrected chi connectivity index (χ0v) is 42.2. The Kier molecular flexibility index (Phi) is 10.6. The number of aromatic nitrogens is 1. The molecule has 0 N–H and O–H groups in total. The Hall–Kier alpha value is -10.1. The number of hydrogen-bond acceptors (Lipinski definition) is 3. The lowest BCUT2D eigenvalue weighted by Gasteiger charge is -2.44. The average molecular weight is 981 g/mol. The van der Waals surface area contributed by atoms with Crippen molar-refractivity contribution in [3.05, 3.63) is 297 Å². The number of rotatable bonds is 9. The van der Waals surface area contributed by atoms with Gasteiger partial charge in [-0.05, 0) is 147 Å². The predicted octanol–water partition coefficient (Wildman–Crippen LogP) is 17.3. The molecule has 0 radical (unpaired) electrons. The van der Waals surface area contributed by atoms with Crippen LogP contribution in [0.15, 0.2) is 297 Å². The third-order valence-corrected chi connectivity index (χ3v) is 15.7. The zero-order valence-electron chi connectivity index (χ0n) is 42.2. The summed E-state index contributed by atoms with van der Waals surface area (Å²) in [6, 6.07) is 109. The summed E-state index contributed by atoms with van der Waals surface area (Å²) in [6.45, 7) is -0.108. The molecule has 0 saturated heterocycles. The van der Waals surface area contributed by atoms with E-state index < -0.39 is 0 Å². The zero-order chi connectivity index (χ0) is 50.8. The van der Waals surface area contributed by atoms with Gasteiger partial charge < -0.3 is 19.3 Å². The molecule has 0 bridgehead atoms. The number of benzene rings is 12. The SMILES string of the molecule is c1ccc(-c2ccc(N3c4cccc5c4B(c4ccc(N(c6ccccc6)c6ccccc6)cc4N5c4cccc(-c5ccccc5)c4)c4ccc5c(c43)c3ccccc3n5-c3cccc(-c4ccccc4)c3)cc2)cc1. The van der Waals surface area contributed by atoms with Crippen molar-refractivity contribution in [3.63, 3.8) is 0 Å². The standard InChI is InChI=1S/C72H49BN4/c1-6-21-50(22-7-1)53-39-41-58(42-40-53)77-68-38-20-37-67-71(68)73(64-45-46-66-70(72(64)77)62-35-16-17-36-65(62)75(66)59-33-18-27-54(47-59)51-23-8-2-9-24-51)63-44-43-61(74(56-29-12-4-13-30-56)57-31-14-5-15-32-57)49-69(63)76(67)60-34-19-28-55(48-60)52-25-10-3-11-26-52/h1-49H. The Morgan fingerprint density at radius 1 is 0.286 bits per heavy atom. The van der Waals surface area contributed by atoms with Gasteiger partial charge in [-0.25, -0.2) is 0 Å². The van der Waals surface area contributed by atoms with Crippen LogP contribution in [-0.2, 0) is 0 Å². The van der Waals surface area contributed by atoms with E-state index in [2.05, 4.69) is 317 Å². The van der Waals surface area contributed by atoms with Gasteiger partial charge in [0.25, 0.3) is 6.71 Å². The maximum Gasteiger partial charge on any atom is 0.252 e. The minimum atomic E-state index is -0.108. The van der Waals surface area contributed by atoms with E-state index in [9.17, 15) is 0 Å². The van der Waals surface area contributed by atoms with Crippen LogP contribution >= 0.6 is 0 Å². The van der Waals surface area contributed by atoms with E-state index in [1.165, 1.54) is 71.7 Å². The Balaban J connectivity index is 1.02. The number of anilines is 9. The Bertz CT molecular complexity index is 4290. The maximum atomic E-state index is 2.57.